The number of hydrogen-bond donors (Lipinski definition) is 1. The zero-order valence-electron chi connectivity index (χ0n) is 10.9. The number of carbonyl (C=O) groups is 1. The lowest BCUT2D eigenvalue weighted by Gasteiger charge is -2.29. The number of nitrogens with zero attached hydrogens (tertiary/aromatic N) is 2. The van der Waals surface area contributed by atoms with Crippen molar-refractivity contribution in [1.82, 2.24) is 4.98 Å². The van der Waals surface area contributed by atoms with Crippen LogP contribution in [0.1, 0.15) is 29.4 Å². The number of carboxylic acid groups (broad SMARTS) is 1. The van der Waals surface area contributed by atoms with Crippen LogP contribution in [0.25, 0.3) is 0 Å². The average Bonchev–Trinajstić information content (AvgIpc) is 2.74. The van der Waals surface area contributed by atoms with Crippen LogP contribution in [0.2, 0.25) is 0 Å². The van der Waals surface area contributed by atoms with E-state index in [2.05, 4.69) is 4.98 Å². The lowest BCUT2D eigenvalue weighted by atomic mass is 10.1. The fraction of sp³-hybridized carbons (Fsp3) is 0.538. The zero-order valence-corrected chi connectivity index (χ0v) is 10.9. The second-order valence-electron chi connectivity index (χ2n) is 4.69. The van der Waals surface area contributed by atoms with E-state index < -0.39 is 5.97 Å². The van der Waals surface area contributed by atoms with Crippen molar-refractivity contribution in [1.29, 1.82) is 0 Å². The van der Waals surface area contributed by atoms with Crippen LogP contribution in [0.4, 0.5) is 5.69 Å². The van der Waals surface area contributed by atoms with Gasteiger partial charge < -0.3 is 14.7 Å². The van der Waals surface area contributed by atoms with Crippen LogP contribution >= 0.6 is 0 Å². The summed E-state index contributed by atoms with van der Waals surface area (Å²) in [5.74, 6) is -0.948. The fourth-order valence-electron chi connectivity index (χ4n) is 2.41. The third kappa shape index (κ3) is 2.31. The first-order valence-electron chi connectivity index (χ1n) is 6.05. The third-order valence-corrected chi connectivity index (χ3v) is 3.46. The van der Waals surface area contributed by atoms with Gasteiger partial charge in [-0.05, 0) is 26.3 Å². The van der Waals surface area contributed by atoms with E-state index in [1.807, 2.05) is 31.9 Å². The van der Waals surface area contributed by atoms with Gasteiger partial charge in [0, 0.05) is 25.5 Å². The number of anilines is 1. The van der Waals surface area contributed by atoms with Gasteiger partial charge in [0.15, 0.2) is 0 Å². The van der Waals surface area contributed by atoms with Gasteiger partial charge in [-0.3, -0.25) is 4.98 Å². The number of aryl methyl sites for hydroxylation is 1. The summed E-state index contributed by atoms with van der Waals surface area (Å²) in [7, 11) is 1.91. The molecule has 1 fully saturated rings. The molecule has 2 rings (SSSR count). The summed E-state index contributed by atoms with van der Waals surface area (Å²) in [6, 6.07) is 2.03. The molecule has 0 aromatic carbocycles. The molecule has 5 heteroatoms. The lowest BCUT2D eigenvalue weighted by Crippen LogP contribution is -2.37. The maximum absolute atomic E-state index is 11.2. The molecule has 0 bridgehead atoms. The molecule has 1 aromatic rings. The summed E-state index contributed by atoms with van der Waals surface area (Å²) >= 11 is 0. The van der Waals surface area contributed by atoms with Crippen molar-refractivity contribution in [2.45, 2.75) is 32.4 Å². The Morgan fingerprint density at radius 2 is 2.33 bits per heavy atom. The Morgan fingerprint density at radius 1 is 1.61 bits per heavy atom. The molecule has 0 amide bonds. The minimum atomic E-state index is -0.948. The van der Waals surface area contributed by atoms with Crippen LogP contribution in [-0.2, 0) is 4.74 Å². The molecule has 98 valence electrons. The van der Waals surface area contributed by atoms with Crippen molar-refractivity contribution < 1.29 is 14.6 Å². The Hall–Kier alpha value is -1.62. The van der Waals surface area contributed by atoms with Gasteiger partial charge in [0.2, 0.25) is 0 Å². The van der Waals surface area contributed by atoms with Crippen LogP contribution < -0.4 is 4.90 Å². The van der Waals surface area contributed by atoms with E-state index in [1.165, 1.54) is 6.20 Å². The minimum Gasteiger partial charge on any atom is -0.478 e. The predicted octanol–water partition coefficient (Wildman–Crippen LogP) is 1.70. The topological polar surface area (TPSA) is 62.7 Å². The first kappa shape index (κ1) is 12.8. The van der Waals surface area contributed by atoms with E-state index in [0.29, 0.717) is 5.69 Å². The summed E-state index contributed by atoms with van der Waals surface area (Å²) in [6.45, 7) is 4.60. The molecule has 0 saturated carbocycles. The van der Waals surface area contributed by atoms with Gasteiger partial charge in [-0.25, -0.2) is 4.79 Å². The number of aromatic carboxylic acids is 1. The van der Waals surface area contributed by atoms with Gasteiger partial charge in [0.25, 0.3) is 0 Å². The molecule has 0 aliphatic carbocycles. The molecule has 18 heavy (non-hydrogen) atoms. The Labute approximate surface area is 106 Å². The van der Waals surface area contributed by atoms with E-state index in [4.69, 9.17) is 4.74 Å². The smallest absolute Gasteiger partial charge is 0.339 e. The molecule has 2 unspecified atom stereocenters. The Kier molecular flexibility index (Phi) is 3.52. The standard InChI is InChI=1S/C13H18N2O3/c1-8-6-12(10(7-14-8)13(16)17)15(3)11-4-5-18-9(11)2/h6-7,9,11H,4-5H2,1-3H3,(H,16,17). The van der Waals surface area contributed by atoms with Crippen LogP contribution in [0.15, 0.2) is 12.3 Å². The number of aromatic nitrogens is 1. The Morgan fingerprint density at radius 3 is 2.89 bits per heavy atom. The maximum atomic E-state index is 11.2. The number of likely N-dealkylation sites (N-methyl/N-ethyl adjacent to an activating group) is 1. The summed E-state index contributed by atoms with van der Waals surface area (Å²) in [4.78, 5) is 17.3. The molecule has 1 aliphatic rings. The maximum Gasteiger partial charge on any atom is 0.339 e. The molecular formula is C13H18N2O3. The highest BCUT2D eigenvalue weighted by atomic mass is 16.5. The first-order valence-corrected chi connectivity index (χ1v) is 6.05. The highest BCUT2D eigenvalue weighted by molar-refractivity contribution is 5.94. The fourth-order valence-corrected chi connectivity index (χ4v) is 2.41. The molecular weight excluding hydrogens is 232 g/mol. The van der Waals surface area contributed by atoms with E-state index in [-0.39, 0.29) is 17.7 Å². The monoisotopic (exact) mass is 250 g/mol. The van der Waals surface area contributed by atoms with Crippen molar-refractivity contribution in [3.63, 3.8) is 0 Å². The number of pyridine rings is 1. The summed E-state index contributed by atoms with van der Waals surface area (Å²) in [5, 5.41) is 9.22. The predicted molar refractivity (Wildman–Crippen MR) is 68.2 cm³/mol. The largest absolute Gasteiger partial charge is 0.478 e. The van der Waals surface area contributed by atoms with Crippen molar-refractivity contribution >= 4 is 11.7 Å². The normalized spacial score (nSPS) is 23.1. The average molecular weight is 250 g/mol. The van der Waals surface area contributed by atoms with Gasteiger partial charge in [-0.2, -0.15) is 0 Å². The minimum absolute atomic E-state index is 0.116. The van der Waals surface area contributed by atoms with E-state index >= 15 is 0 Å². The van der Waals surface area contributed by atoms with E-state index in [9.17, 15) is 9.90 Å². The van der Waals surface area contributed by atoms with Gasteiger partial charge >= 0.3 is 5.97 Å². The van der Waals surface area contributed by atoms with Gasteiger partial charge in [-0.15, -0.1) is 0 Å². The Balaban J connectivity index is 2.36. The quantitative estimate of drug-likeness (QED) is 0.884. The summed E-state index contributed by atoms with van der Waals surface area (Å²) in [6.07, 6.45) is 2.45. The third-order valence-electron chi connectivity index (χ3n) is 3.46. The summed E-state index contributed by atoms with van der Waals surface area (Å²) in [5.41, 5.74) is 1.76. The number of rotatable bonds is 3. The van der Waals surface area contributed by atoms with Crippen molar-refractivity contribution in [3.8, 4) is 0 Å². The molecule has 0 spiro atoms. The van der Waals surface area contributed by atoms with Crippen molar-refractivity contribution in [2.75, 3.05) is 18.6 Å². The molecule has 1 N–H and O–H groups in total. The molecule has 1 aliphatic heterocycles. The van der Waals surface area contributed by atoms with Gasteiger partial charge in [-0.1, -0.05) is 0 Å². The summed E-state index contributed by atoms with van der Waals surface area (Å²) < 4.78 is 5.53. The molecule has 2 atom stereocenters. The lowest BCUT2D eigenvalue weighted by molar-refractivity contribution is 0.0696. The second-order valence-corrected chi connectivity index (χ2v) is 4.69. The zero-order chi connectivity index (χ0) is 13.3. The number of carboxylic acids is 1. The molecule has 1 aromatic heterocycles. The van der Waals surface area contributed by atoms with Crippen LogP contribution in [-0.4, -0.2) is 41.9 Å². The molecule has 5 nitrogen and oxygen atoms in total. The highest BCUT2D eigenvalue weighted by Gasteiger charge is 2.30. The van der Waals surface area contributed by atoms with E-state index in [0.717, 1.165) is 18.7 Å². The van der Waals surface area contributed by atoms with Crippen molar-refractivity contribution in [2.24, 2.45) is 0 Å². The number of ether oxygens (including phenoxy) is 1. The van der Waals surface area contributed by atoms with Crippen molar-refractivity contribution in [3.05, 3.63) is 23.5 Å². The van der Waals surface area contributed by atoms with Gasteiger partial charge in [0.1, 0.15) is 5.56 Å². The molecule has 0 radical (unpaired) electrons. The van der Waals surface area contributed by atoms with Crippen LogP contribution in [0.5, 0.6) is 0 Å². The molecule has 1 saturated heterocycles. The highest BCUT2D eigenvalue weighted by Crippen LogP contribution is 2.27. The SMILES string of the molecule is Cc1cc(N(C)C2CCOC2C)c(C(=O)O)cn1. The second kappa shape index (κ2) is 4.94. The Bertz CT molecular complexity index is 462. The van der Waals surface area contributed by atoms with Gasteiger partial charge in [0.05, 0.1) is 17.8 Å². The van der Waals surface area contributed by atoms with E-state index in [1.54, 1.807) is 0 Å². The number of hydrogen-bond acceptors (Lipinski definition) is 4. The van der Waals surface area contributed by atoms with Crippen LogP contribution in [0, 0.1) is 6.92 Å². The molecule has 2 heterocycles. The van der Waals surface area contributed by atoms with Crippen LogP contribution in [0.3, 0.4) is 0 Å². The first-order chi connectivity index (χ1) is 8.50.